The summed E-state index contributed by atoms with van der Waals surface area (Å²) in [7, 11) is 4.16. The van der Waals surface area contributed by atoms with Crippen LogP contribution in [0.5, 0.6) is 0 Å². The van der Waals surface area contributed by atoms with Crippen LogP contribution in [-0.2, 0) is 0 Å². The molecule has 0 amide bonds. The Morgan fingerprint density at radius 1 is 1.16 bits per heavy atom. The molecule has 0 aliphatic carbocycles. The van der Waals surface area contributed by atoms with Gasteiger partial charge in [-0.3, -0.25) is 0 Å². The first-order chi connectivity index (χ1) is 8.93. The van der Waals surface area contributed by atoms with Gasteiger partial charge in [0, 0.05) is 31.6 Å². The van der Waals surface area contributed by atoms with E-state index in [4.69, 9.17) is 11.6 Å². The summed E-state index contributed by atoms with van der Waals surface area (Å²) in [4.78, 5) is 13.4. The Morgan fingerprint density at radius 2 is 1.84 bits per heavy atom. The molecule has 1 rings (SSSR count). The Labute approximate surface area is 121 Å². The Kier molecular flexibility index (Phi) is 6.52. The molecular weight excluding hydrogens is 260 g/mol. The third-order valence-corrected chi connectivity index (χ3v) is 3.04. The molecule has 0 unspecified atom stereocenters. The third kappa shape index (κ3) is 5.33. The highest BCUT2D eigenvalue weighted by atomic mass is 35.5. The summed E-state index contributed by atoms with van der Waals surface area (Å²) in [6.07, 6.45) is 1.09. The van der Waals surface area contributed by atoms with Gasteiger partial charge in [-0.25, -0.2) is 9.97 Å². The van der Waals surface area contributed by atoms with Crippen LogP contribution < -0.4 is 4.90 Å². The molecule has 0 radical (unpaired) electrons. The Bertz CT molecular complexity index is 393. The molecular formula is C14H25ClN4. The predicted octanol–water partition coefficient (Wildman–Crippen LogP) is 3.03. The lowest BCUT2D eigenvalue weighted by atomic mass is 10.2. The maximum atomic E-state index is 6.11. The number of rotatable bonds is 7. The van der Waals surface area contributed by atoms with Crippen molar-refractivity contribution in [3.63, 3.8) is 0 Å². The monoisotopic (exact) mass is 284 g/mol. The molecule has 0 spiro atoms. The number of likely N-dealkylation sites (N-methyl/N-ethyl adjacent to an activating group) is 1. The van der Waals surface area contributed by atoms with Crippen LogP contribution in [0.15, 0.2) is 6.07 Å². The van der Waals surface area contributed by atoms with Crippen molar-refractivity contribution in [2.75, 3.05) is 38.6 Å². The van der Waals surface area contributed by atoms with Gasteiger partial charge >= 0.3 is 0 Å². The Morgan fingerprint density at radius 3 is 2.37 bits per heavy atom. The molecule has 0 aromatic carbocycles. The van der Waals surface area contributed by atoms with Crippen LogP contribution in [-0.4, -0.2) is 48.6 Å². The number of nitrogens with zero attached hydrogens (tertiary/aromatic N) is 4. The molecule has 1 heterocycles. The van der Waals surface area contributed by atoms with E-state index in [-0.39, 0.29) is 5.92 Å². The van der Waals surface area contributed by atoms with Crippen molar-refractivity contribution >= 4 is 17.4 Å². The van der Waals surface area contributed by atoms with Crippen molar-refractivity contribution in [2.45, 2.75) is 33.1 Å². The standard InChI is InChI=1S/C14H25ClN4/c1-6-7-19(9-8-18(4)5)13-10-12(15)16-14(17-13)11(2)3/h10-11H,6-9H2,1-5H3. The lowest BCUT2D eigenvalue weighted by molar-refractivity contribution is 0.412. The highest BCUT2D eigenvalue weighted by Gasteiger charge is 2.12. The predicted molar refractivity (Wildman–Crippen MR) is 82.2 cm³/mol. The van der Waals surface area contributed by atoms with E-state index < -0.39 is 0 Å². The molecule has 0 bridgehead atoms. The topological polar surface area (TPSA) is 32.3 Å². The van der Waals surface area contributed by atoms with Crippen molar-refractivity contribution in [3.05, 3.63) is 17.0 Å². The van der Waals surface area contributed by atoms with Crippen molar-refractivity contribution in [3.8, 4) is 0 Å². The van der Waals surface area contributed by atoms with Gasteiger partial charge in [-0.05, 0) is 20.5 Å². The fourth-order valence-electron chi connectivity index (χ4n) is 1.77. The molecule has 1 aromatic rings. The molecule has 0 saturated heterocycles. The van der Waals surface area contributed by atoms with E-state index in [1.165, 1.54) is 0 Å². The van der Waals surface area contributed by atoms with E-state index in [2.05, 4.69) is 54.6 Å². The first-order valence-corrected chi connectivity index (χ1v) is 7.26. The van der Waals surface area contributed by atoms with Crippen LogP contribution in [0.3, 0.4) is 0 Å². The molecule has 0 aliphatic rings. The summed E-state index contributed by atoms with van der Waals surface area (Å²) in [6, 6.07) is 1.86. The number of halogens is 1. The highest BCUT2D eigenvalue weighted by molar-refractivity contribution is 6.29. The summed E-state index contributed by atoms with van der Waals surface area (Å²) < 4.78 is 0. The largest absolute Gasteiger partial charge is 0.355 e. The van der Waals surface area contributed by atoms with Crippen molar-refractivity contribution < 1.29 is 0 Å². The first-order valence-electron chi connectivity index (χ1n) is 6.88. The van der Waals surface area contributed by atoms with Gasteiger partial charge in [0.15, 0.2) is 0 Å². The average Bonchev–Trinajstić information content (AvgIpc) is 2.33. The second-order valence-electron chi connectivity index (χ2n) is 5.35. The maximum absolute atomic E-state index is 6.11. The second-order valence-corrected chi connectivity index (χ2v) is 5.74. The number of hydrogen-bond donors (Lipinski definition) is 0. The molecule has 0 fully saturated rings. The molecule has 0 N–H and O–H groups in total. The van der Waals surface area contributed by atoms with Crippen LogP contribution in [0.4, 0.5) is 5.82 Å². The minimum atomic E-state index is 0.287. The van der Waals surface area contributed by atoms with Crippen LogP contribution in [0, 0.1) is 0 Å². The summed E-state index contributed by atoms with van der Waals surface area (Å²) >= 11 is 6.11. The van der Waals surface area contributed by atoms with Crippen molar-refractivity contribution in [2.24, 2.45) is 0 Å². The molecule has 0 atom stereocenters. The van der Waals surface area contributed by atoms with Gasteiger partial charge in [0.25, 0.3) is 0 Å². The lowest BCUT2D eigenvalue weighted by Gasteiger charge is -2.25. The number of anilines is 1. The zero-order valence-electron chi connectivity index (χ0n) is 12.6. The van der Waals surface area contributed by atoms with Gasteiger partial charge in [0.05, 0.1) is 0 Å². The fourth-order valence-corrected chi connectivity index (χ4v) is 1.96. The minimum absolute atomic E-state index is 0.287. The Balaban J connectivity index is 2.94. The van der Waals surface area contributed by atoms with Gasteiger partial charge in [-0.15, -0.1) is 0 Å². The van der Waals surface area contributed by atoms with Gasteiger partial charge in [-0.1, -0.05) is 32.4 Å². The SMILES string of the molecule is CCCN(CCN(C)C)c1cc(Cl)nc(C(C)C)n1. The van der Waals surface area contributed by atoms with E-state index in [1.54, 1.807) is 0 Å². The summed E-state index contributed by atoms with van der Waals surface area (Å²) in [5, 5.41) is 0.527. The summed E-state index contributed by atoms with van der Waals surface area (Å²) in [5.74, 6) is 2.04. The smallest absolute Gasteiger partial charge is 0.135 e. The molecule has 4 nitrogen and oxygen atoms in total. The van der Waals surface area contributed by atoms with Crippen LogP contribution in [0.1, 0.15) is 38.9 Å². The maximum Gasteiger partial charge on any atom is 0.135 e. The molecule has 1 aromatic heterocycles. The molecule has 5 heteroatoms. The van der Waals surface area contributed by atoms with E-state index in [9.17, 15) is 0 Å². The zero-order valence-corrected chi connectivity index (χ0v) is 13.4. The molecule has 19 heavy (non-hydrogen) atoms. The van der Waals surface area contributed by atoms with E-state index >= 15 is 0 Å². The molecule has 0 aliphatic heterocycles. The normalized spacial score (nSPS) is 11.4. The van der Waals surface area contributed by atoms with Crippen LogP contribution in [0.2, 0.25) is 5.15 Å². The van der Waals surface area contributed by atoms with E-state index in [1.807, 2.05) is 6.07 Å². The fraction of sp³-hybridized carbons (Fsp3) is 0.714. The van der Waals surface area contributed by atoms with Gasteiger partial charge in [-0.2, -0.15) is 0 Å². The zero-order chi connectivity index (χ0) is 14.4. The molecule has 108 valence electrons. The number of hydrogen-bond acceptors (Lipinski definition) is 4. The van der Waals surface area contributed by atoms with Gasteiger partial charge < -0.3 is 9.80 Å². The van der Waals surface area contributed by atoms with E-state index in [0.717, 1.165) is 37.7 Å². The summed E-state index contributed by atoms with van der Waals surface area (Å²) in [6.45, 7) is 9.27. The first kappa shape index (κ1) is 16.2. The second kappa shape index (κ2) is 7.65. The number of aromatic nitrogens is 2. The third-order valence-electron chi connectivity index (χ3n) is 2.85. The minimum Gasteiger partial charge on any atom is -0.355 e. The van der Waals surface area contributed by atoms with Crippen LogP contribution in [0.25, 0.3) is 0 Å². The average molecular weight is 285 g/mol. The van der Waals surface area contributed by atoms with Crippen molar-refractivity contribution in [1.82, 2.24) is 14.9 Å². The van der Waals surface area contributed by atoms with Gasteiger partial charge in [0.1, 0.15) is 16.8 Å². The van der Waals surface area contributed by atoms with E-state index in [0.29, 0.717) is 5.15 Å². The highest BCUT2D eigenvalue weighted by Crippen LogP contribution is 2.20. The van der Waals surface area contributed by atoms with Gasteiger partial charge in [0.2, 0.25) is 0 Å². The van der Waals surface area contributed by atoms with Crippen molar-refractivity contribution in [1.29, 1.82) is 0 Å². The van der Waals surface area contributed by atoms with Crippen LogP contribution >= 0.6 is 11.6 Å². The molecule has 0 saturated carbocycles. The Hall–Kier alpha value is -0.870. The lowest BCUT2D eigenvalue weighted by Crippen LogP contribution is -2.33. The summed E-state index contributed by atoms with van der Waals surface area (Å²) in [5.41, 5.74) is 0. The quantitative estimate of drug-likeness (QED) is 0.721.